The third kappa shape index (κ3) is 1.88. The first-order valence-electron chi connectivity index (χ1n) is 6.52. The van der Waals surface area contributed by atoms with Gasteiger partial charge in [0, 0.05) is 22.9 Å². The number of furan rings is 1. The molecule has 0 bridgehead atoms. The SMILES string of the molecule is C=CCNC(=O)c1oc2c(ccc3ccccc32)c1C. The van der Waals surface area contributed by atoms with Crippen LogP contribution in [0.2, 0.25) is 0 Å². The Morgan fingerprint density at radius 1 is 1.25 bits per heavy atom. The molecular weight excluding hydrogens is 250 g/mol. The second-order valence-corrected chi connectivity index (χ2v) is 4.72. The van der Waals surface area contributed by atoms with Gasteiger partial charge in [0.25, 0.3) is 5.91 Å². The van der Waals surface area contributed by atoms with E-state index in [1.165, 1.54) is 0 Å². The average Bonchev–Trinajstić information content (AvgIpc) is 2.82. The van der Waals surface area contributed by atoms with E-state index in [9.17, 15) is 4.79 Å². The van der Waals surface area contributed by atoms with Gasteiger partial charge in [-0.3, -0.25) is 4.79 Å². The highest BCUT2D eigenvalue weighted by molar-refractivity contribution is 6.08. The Kier molecular flexibility index (Phi) is 3.03. The zero-order valence-corrected chi connectivity index (χ0v) is 11.3. The molecule has 0 fully saturated rings. The lowest BCUT2D eigenvalue weighted by Crippen LogP contribution is -2.23. The molecule has 2 aromatic carbocycles. The van der Waals surface area contributed by atoms with Crippen molar-refractivity contribution in [1.82, 2.24) is 5.32 Å². The van der Waals surface area contributed by atoms with Gasteiger partial charge in [-0.25, -0.2) is 0 Å². The van der Waals surface area contributed by atoms with E-state index >= 15 is 0 Å². The smallest absolute Gasteiger partial charge is 0.287 e. The van der Waals surface area contributed by atoms with E-state index in [1.54, 1.807) is 6.08 Å². The topological polar surface area (TPSA) is 42.2 Å². The van der Waals surface area contributed by atoms with Gasteiger partial charge >= 0.3 is 0 Å². The van der Waals surface area contributed by atoms with Gasteiger partial charge in [0.1, 0.15) is 5.58 Å². The van der Waals surface area contributed by atoms with Crippen LogP contribution in [0, 0.1) is 6.92 Å². The summed E-state index contributed by atoms with van der Waals surface area (Å²) in [4.78, 5) is 12.1. The Hall–Kier alpha value is -2.55. The predicted octanol–water partition coefficient (Wildman–Crippen LogP) is 3.81. The summed E-state index contributed by atoms with van der Waals surface area (Å²) in [6.07, 6.45) is 1.64. The van der Waals surface area contributed by atoms with Gasteiger partial charge in [-0.2, -0.15) is 0 Å². The summed E-state index contributed by atoms with van der Waals surface area (Å²) < 4.78 is 5.82. The van der Waals surface area contributed by atoms with Crippen molar-refractivity contribution < 1.29 is 9.21 Å². The standard InChI is InChI=1S/C17H15NO2/c1-3-10-18-17(19)15-11(2)13-9-8-12-6-4-5-7-14(12)16(13)20-15/h3-9H,1,10H2,2H3,(H,18,19). The molecule has 1 aromatic heterocycles. The molecule has 0 aliphatic rings. The van der Waals surface area contributed by atoms with E-state index in [4.69, 9.17) is 4.42 Å². The summed E-state index contributed by atoms with van der Waals surface area (Å²) in [5.74, 6) is 0.167. The zero-order chi connectivity index (χ0) is 14.1. The van der Waals surface area contributed by atoms with E-state index < -0.39 is 0 Å². The van der Waals surface area contributed by atoms with Gasteiger partial charge in [-0.1, -0.05) is 42.5 Å². The fourth-order valence-corrected chi connectivity index (χ4v) is 2.41. The molecule has 0 spiro atoms. The van der Waals surface area contributed by atoms with Crippen LogP contribution in [0.5, 0.6) is 0 Å². The summed E-state index contributed by atoms with van der Waals surface area (Å²) in [6, 6.07) is 12.0. The van der Waals surface area contributed by atoms with Crippen LogP contribution in [-0.2, 0) is 0 Å². The van der Waals surface area contributed by atoms with Crippen molar-refractivity contribution in [2.24, 2.45) is 0 Å². The number of benzene rings is 2. The largest absolute Gasteiger partial charge is 0.450 e. The summed E-state index contributed by atoms with van der Waals surface area (Å²) in [5, 5.41) is 5.85. The minimum atomic E-state index is -0.206. The fraction of sp³-hybridized carbons (Fsp3) is 0.118. The predicted molar refractivity (Wildman–Crippen MR) is 81.0 cm³/mol. The Labute approximate surface area is 116 Å². The van der Waals surface area contributed by atoms with E-state index in [0.717, 1.165) is 27.3 Å². The highest BCUT2D eigenvalue weighted by Gasteiger charge is 2.18. The maximum absolute atomic E-state index is 12.1. The van der Waals surface area contributed by atoms with Crippen LogP contribution in [0.3, 0.4) is 0 Å². The van der Waals surface area contributed by atoms with Crippen LogP contribution >= 0.6 is 0 Å². The van der Waals surface area contributed by atoms with Crippen molar-refractivity contribution in [3.8, 4) is 0 Å². The molecule has 0 atom stereocenters. The van der Waals surface area contributed by atoms with Crippen molar-refractivity contribution in [2.75, 3.05) is 6.54 Å². The number of hydrogen-bond donors (Lipinski definition) is 1. The van der Waals surface area contributed by atoms with Crippen LogP contribution in [0.15, 0.2) is 53.5 Å². The number of nitrogens with one attached hydrogen (secondary N) is 1. The van der Waals surface area contributed by atoms with Gasteiger partial charge in [0.15, 0.2) is 5.76 Å². The summed E-state index contributed by atoms with van der Waals surface area (Å²) in [6.45, 7) is 5.92. The first-order valence-corrected chi connectivity index (χ1v) is 6.52. The number of rotatable bonds is 3. The van der Waals surface area contributed by atoms with Crippen molar-refractivity contribution in [3.05, 3.63) is 60.4 Å². The first kappa shape index (κ1) is 12.5. The third-order valence-corrected chi connectivity index (χ3v) is 3.44. The van der Waals surface area contributed by atoms with E-state index in [2.05, 4.69) is 11.9 Å². The second kappa shape index (κ2) is 4.85. The van der Waals surface area contributed by atoms with Crippen molar-refractivity contribution in [2.45, 2.75) is 6.92 Å². The molecule has 1 amide bonds. The molecule has 0 unspecified atom stereocenters. The molecule has 0 saturated heterocycles. The summed E-state index contributed by atoms with van der Waals surface area (Å²) in [7, 11) is 0. The lowest BCUT2D eigenvalue weighted by Gasteiger charge is -1.99. The van der Waals surface area contributed by atoms with Crippen molar-refractivity contribution in [1.29, 1.82) is 0 Å². The minimum absolute atomic E-state index is 0.206. The maximum Gasteiger partial charge on any atom is 0.287 e. The second-order valence-electron chi connectivity index (χ2n) is 4.72. The number of hydrogen-bond acceptors (Lipinski definition) is 2. The Morgan fingerprint density at radius 2 is 2.05 bits per heavy atom. The van der Waals surface area contributed by atoms with Crippen LogP contribution in [0.1, 0.15) is 16.1 Å². The molecule has 0 saturated carbocycles. The van der Waals surface area contributed by atoms with Gasteiger partial charge in [0.05, 0.1) is 0 Å². The van der Waals surface area contributed by atoms with Crippen molar-refractivity contribution in [3.63, 3.8) is 0 Å². The molecule has 3 heteroatoms. The van der Waals surface area contributed by atoms with Gasteiger partial charge < -0.3 is 9.73 Å². The average molecular weight is 265 g/mol. The number of fused-ring (bicyclic) bond motifs is 3. The monoisotopic (exact) mass is 265 g/mol. The maximum atomic E-state index is 12.1. The quantitative estimate of drug-likeness (QED) is 0.732. The van der Waals surface area contributed by atoms with Gasteiger partial charge in [0.2, 0.25) is 0 Å². The zero-order valence-electron chi connectivity index (χ0n) is 11.3. The van der Waals surface area contributed by atoms with E-state index in [0.29, 0.717) is 12.3 Å². The molecule has 3 rings (SSSR count). The summed E-state index contributed by atoms with van der Waals surface area (Å²) in [5.41, 5.74) is 1.64. The van der Waals surface area contributed by atoms with Crippen LogP contribution in [0.25, 0.3) is 21.7 Å². The molecule has 3 aromatic rings. The highest BCUT2D eigenvalue weighted by Crippen LogP contribution is 2.31. The normalized spacial score (nSPS) is 10.8. The molecule has 0 radical (unpaired) electrons. The van der Waals surface area contributed by atoms with E-state index in [-0.39, 0.29) is 5.91 Å². The lowest BCUT2D eigenvalue weighted by molar-refractivity contribution is 0.0932. The number of aryl methyl sites for hydroxylation is 1. The van der Waals surface area contributed by atoms with Crippen LogP contribution in [0.4, 0.5) is 0 Å². The fourth-order valence-electron chi connectivity index (χ4n) is 2.41. The molecule has 20 heavy (non-hydrogen) atoms. The van der Waals surface area contributed by atoms with Crippen LogP contribution in [-0.4, -0.2) is 12.5 Å². The molecule has 3 nitrogen and oxygen atoms in total. The van der Waals surface area contributed by atoms with Crippen LogP contribution < -0.4 is 5.32 Å². The molecule has 0 aliphatic carbocycles. The Bertz CT molecular complexity index is 814. The molecule has 1 heterocycles. The first-order chi connectivity index (χ1) is 9.72. The number of carbonyl (C=O) groups excluding carboxylic acids is 1. The Morgan fingerprint density at radius 3 is 2.85 bits per heavy atom. The highest BCUT2D eigenvalue weighted by atomic mass is 16.3. The number of amides is 1. The molecule has 100 valence electrons. The van der Waals surface area contributed by atoms with Gasteiger partial charge in [-0.15, -0.1) is 6.58 Å². The molecule has 1 N–H and O–H groups in total. The lowest BCUT2D eigenvalue weighted by atomic mass is 10.1. The number of carbonyl (C=O) groups is 1. The molecule has 0 aliphatic heterocycles. The van der Waals surface area contributed by atoms with Gasteiger partial charge in [-0.05, 0) is 12.3 Å². The third-order valence-electron chi connectivity index (χ3n) is 3.44. The Balaban J connectivity index is 2.21. The summed E-state index contributed by atoms with van der Waals surface area (Å²) >= 11 is 0. The van der Waals surface area contributed by atoms with Crippen molar-refractivity contribution >= 4 is 27.6 Å². The minimum Gasteiger partial charge on any atom is -0.450 e. The van der Waals surface area contributed by atoms with E-state index in [1.807, 2.05) is 43.3 Å². The molecular formula is C17H15NO2.